The van der Waals surface area contributed by atoms with E-state index in [9.17, 15) is 27.6 Å². The number of hydrogen-bond donors (Lipinski definition) is 3. The Labute approximate surface area is 352 Å². The van der Waals surface area contributed by atoms with Crippen molar-refractivity contribution in [2.24, 2.45) is 17.8 Å². The van der Waals surface area contributed by atoms with Gasteiger partial charge in [0, 0.05) is 36.2 Å². The van der Waals surface area contributed by atoms with Gasteiger partial charge in [-0.2, -0.15) is 0 Å². The number of nitrogens with one attached hydrogen (secondary N) is 3. The highest BCUT2D eigenvalue weighted by atomic mass is 32.2. The maximum atomic E-state index is 14.9. The topological polar surface area (TPSA) is 195 Å². The van der Waals surface area contributed by atoms with E-state index in [0.29, 0.717) is 69.0 Å². The highest BCUT2D eigenvalue weighted by Gasteiger charge is 2.63. The second-order valence-electron chi connectivity index (χ2n) is 18.5. The normalized spacial score (nSPS) is 30.1. The van der Waals surface area contributed by atoms with Crippen molar-refractivity contribution >= 4 is 50.3 Å². The zero-order valence-electron chi connectivity index (χ0n) is 35.7. The number of hydrogen-bond acceptors (Lipinski definition) is 12. The molecule has 2 aromatic rings. The highest BCUT2D eigenvalue weighted by Crippen LogP contribution is 2.48. The summed E-state index contributed by atoms with van der Waals surface area (Å²) in [5.74, 6) is -1.65. The van der Waals surface area contributed by atoms with Crippen LogP contribution in [0.3, 0.4) is 0 Å². The summed E-state index contributed by atoms with van der Waals surface area (Å²) in [4.78, 5) is 65.3. The molecule has 2 aliphatic carbocycles. The molecule has 3 aliphatic heterocycles. The number of anilines is 1. The lowest BCUT2D eigenvalue weighted by Crippen LogP contribution is -2.59. The number of allylic oxidation sites excluding steroid dienone is 1. The molecule has 17 heteroatoms. The van der Waals surface area contributed by atoms with E-state index < -0.39 is 73.8 Å². The van der Waals surface area contributed by atoms with Crippen molar-refractivity contribution < 1.29 is 46.5 Å². The predicted molar refractivity (Wildman–Crippen MR) is 224 cm³/mol. The summed E-state index contributed by atoms with van der Waals surface area (Å²) in [5, 5.41) is 7.32. The summed E-state index contributed by atoms with van der Waals surface area (Å²) in [5.41, 5.74) is -1.48. The molecule has 16 nitrogen and oxygen atoms in total. The number of carbonyl (C=O) groups excluding carboxylic acids is 4. The molecule has 7 rings (SSSR count). The fraction of sp³-hybridized carbons (Fsp3) is 0.651. The molecule has 1 aromatic heterocycles. The first-order valence-electron chi connectivity index (χ1n) is 21.1. The van der Waals surface area contributed by atoms with Crippen molar-refractivity contribution in [3.8, 4) is 11.6 Å². The van der Waals surface area contributed by atoms with Crippen LogP contribution in [0.1, 0.15) is 86.5 Å². The number of alkyl carbamates (subject to hydrolysis) is 1. The molecule has 0 bridgehead atoms. The standard InChI is InChI=1S/C43H60N6O10S/c1-26-10-8-9-11-28-23-43(28,39(52)47-60(54,55)42(6)14-15-42)46-36(50)33-22-30(25-49(33)38(51)35(27(2)20-26)45-40(53)59-41(3,4)5)58-37-31-13-12-29(56-7)21-32(31)34(24-44-37)48-16-18-57-19-17-48/h9,11-13,21,24,26-28,30,33,35H,8,10,14-20,22-23,25H2,1-7H3,(H,45,53)(H,46,50)(H,47,52)/b11-9-/t26-,27-,28?,30-,33+,35+,43?/m1/s1. The number of sulfonamides is 1. The zero-order valence-corrected chi connectivity index (χ0v) is 36.6. The number of fused-ring (bicyclic) bond motifs is 3. The van der Waals surface area contributed by atoms with E-state index in [1.54, 1.807) is 41.0 Å². The Balaban J connectivity index is 1.23. The molecular formula is C43H60N6O10S. The summed E-state index contributed by atoms with van der Waals surface area (Å²) < 4.78 is 51.2. The molecule has 5 aliphatic rings. The lowest BCUT2D eigenvalue weighted by atomic mass is 9.88. The minimum atomic E-state index is -4.01. The lowest BCUT2D eigenvalue weighted by Gasteiger charge is -2.33. The third kappa shape index (κ3) is 9.16. The van der Waals surface area contributed by atoms with Crippen molar-refractivity contribution in [2.75, 3.05) is 44.9 Å². The molecule has 4 heterocycles. The SMILES string of the molecule is COc1ccc2c(O[C@@H]3C[C@H]4C(=O)NC5(C(=O)NS(=O)(=O)C6(C)CC6)CC5/C=C\CC[C@@H](C)C[C@@H](C)[C@H](NC(=O)OC(C)(C)C)C(=O)N4C3)ncc(N3CCOCC3)c2c1. The maximum Gasteiger partial charge on any atom is 0.408 e. The van der Waals surface area contributed by atoms with E-state index in [1.807, 2.05) is 37.3 Å². The summed E-state index contributed by atoms with van der Waals surface area (Å²) in [6, 6.07) is 3.40. The molecule has 7 atom stereocenters. The fourth-order valence-corrected chi connectivity index (χ4v) is 9.96. The lowest BCUT2D eigenvalue weighted by molar-refractivity contribution is -0.142. The molecule has 1 aromatic carbocycles. The van der Waals surface area contributed by atoms with Gasteiger partial charge in [-0.3, -0.25) is 19.1 Å². The van der Waals surface area contributed by atoms with Crippen LogP contribution in [-0.4, -0.2) is 116 Å². The Hall–Kier alpha value is -4.64. The van der Waals surface area contributed by atoms with E-state index in [1.165, 1.54) is 4.90 Å². The Morgan fingerprint density at radius 3 is 2.48 bits per heavy atom. The van der Waals surface area contributed by atoms with Crippen LogP contribution in [0.15, 0.2) is 36.5 Å². The van der Waals surface area contributed by atoms with E-state index >= 15 is 0 Å². The van der Waals surface area contributed by atoms with Crippen LogP contribution in [0.2, 0.25) is 0 Å². The van der Waals surface area contributed by atoms with Gasteiger partial charge < -0.3 is 39.4 Å². The minimum absolute atomic E-state index is 0.0284. The number of nitrogens with zero attached hydrogens (tertiary/aromatic N) is 3. The zero-order chi connectivity index (χ0) is 43.2. The molecule has 4 fully saturated rings. The number of aromatic nitrogens is 1. The van der Waals surface area contributed by atoms with Gasteiger partial charge in [0.1, 0.15) is 35.1 Å². The minimum Gasteiger partial charge on any atom is -0.497 e. The van der Waals surface area contributed by atoms with Crippen LogP contribution in [0.25, 0.3) is 10.8 Å². The molecule has 2 unspecified atom stereocenters. The summed E-state index contributed by atoms with van der Waals surface area (Å²) >= 11 is 0. The second-order valence-corrected chi connectivity index (χ2v) is 20.7. The van der Waals surface area contributed by atoms with Crippen molar-refractivity contribution in [3.63, 3.8) is 0 Å². The van der Waals surface area contributed by atoms with E-state index in [2.05, 4.69) is 27.2 Å². The van der Waals surface area contributed by atoms with Crippen molar-refractivity contribution in [2.45, 2.75) is 121 Å². The van der Waals surface area contributed by atoms with Gasteiger partial charge in [0.25, 0.3) is 5.91 Å². The Morgan fingerprint density at radius 2 is 1.80 bits per heavy atom. The molecule has 4 amide bonds. The number of rotatable bonds is 8. The monoisotopic (exact) mass is 852 g/mol. The van der Waals surface area contributed by atoms with Gasteiger partial charge in [-0.25, -0.2) is 18.2 Å². The summed E-state index contributed by atoms with van der Waals surface area (Å²) in [6.07, 6.45) is 7.20. The van der Waals surface area contributed by atoms with Gasteiger partial charge in [0.2, 0.25) is 27.7 Å². The molecule has 0 spiro atoms. The van der Waals surface area contributed by atoms with Gasteiger partial charge in [-0.1, -0.05) is 26.0 Å². The molecule has 0 radical (unpaired) electrons. The number of pyridine rings is 1. The van der Waals surface area contributed by atoms with Crippen molar-refractivity contribution in [1.82, 2.24) is 25.2 Å². The quantitative estimate of drug-likeness (QED) is 0.321. The van der Waals surface area contributed by atoms with Crippen LogP contribution in [0.5, 0.6) is 11.6 Å². The van der Waals surface area contributed by atoms with E-state index in [0.717, 1.165) is 17.5 Å². The first kappa shape index (κ1) is 43.4. The number of morpholine rings is 1. The van der Waals surface area contributed by atoms with Crippen LogP contribution in [0.4, 0.5) is 10.5 Å². The Bertz CT molecular complexity index is 2130. The van der Waals surface area contributed by atoms with Gasteiger partial charge in [-0.15, -0.1) is 0 Å². The Kier molecular flexibility index (Phi) is 12.1. The molecule has 2 saturated carbocycles. The third-order valence-electron chi connectivity index (χ3n) is 12.6. The average molecular weight is 853 g/mol. The summed E-state index contributed by atoms with van der Waals surface area (Å²) in [7, 11) is -2.41. The highest BCUT2D eigenvalue weighted by molar-refractivity contribution is 7.91. The average Bonchev–Trinajstić information content (AvgIpc) is 4.07. The van der Waals surface area contributed by atoms with Gasteiger partial charge in [0.15, 0.2) is 0 Å². The number of ether oxygens (including phenoxy) is 4. The molecule has 2 saturated heterocycles. The van der Waals surface area contributed by atoms with Gasteiger partial charge in [-0.05, 0) is 96.3 Å². The number of methoxy groups -OCH3 is 1. The Morgan fingerprint density at radius 1 is 1.07 bits per heavy atom. The van der Waals surface area contributed by atoms with Crippen LogP contribution >= 0.6 is 0 Å². The van der Waals surface area contributed by atoms with Gasteiger partial charge >= 0.3 is 6.09 Å². The molecule has 60 heavy (non-hydrogen) atoms. The van der Waals surface area contributed by atoms with E-state index in [4.69, 9.17) is 23.9 Å². The number of carbonyl (C=O) groups is 4. The van der Waals surface area contributed by atoms with E-state index in [-0.39, 0.29) is 31.2 Å². The van der Waals surface area contributed by atoms with Crippen LogP contribution in [-0.2, 0) is 33.9 Å². The number of benzene rings is 1. The van der Waals surface area contributed by atoms with Crippen LogP contribution in [0, 0.1) is 17.8 Å². The smallest absolute Gasteiger partial charge is 0.408 e. The van der Waals surface area contributed by atoms with Crippen molar-refractivity contribution in [1.29, 1.82) is 0 Å². The van der Waals surface area contributed by atoms with Gasteiger partial charge in [0.05, 0.1) is 43.5 Å². The maximum absolute atomic E-state index is 14.9. The molecular weight excluding hydrogens is 793 g/mol. The first-order chi connectivity index (χ1) is 28.3. The first-order valence-corrected chi connectivity index (χ1v) is 22.6. The summed E-state index contributed by atoms with van der Waals surface area (Å²) in [6.45, 7) is 13.3. The largest absolute Gasteiger partial charge is 0.497 e. The fourth-order valence-electron chi connectivity index (χ4n) is 8.65. The van der Waals surface area contributed by atoms with Crippen molar-refractivity contribution in [3.05, 3.63) is 36.5 Å². The third-order valence-corrected chi connectivity index (χ3v) is 14.7. The second kappa shape index (κ2) is 16.7. The molecule has 3 N–H and O–H groups in total. The molecule has 328 valence electrons. The number of amides is 4. The van der Waals surface area contributed by atoms with Crippen LogP contribution < -0.4 is 29.7 Å². The predicted octanol–water partition coefficient (Wildman–Crippen LogP) is 4.21.